The van der Waals surface area contributed by atoms with E-state index >= 15 is 0 Å². The summed E-state index contributed by atoms with van der Waals surface area (Å²) in [4.78, 5) is 16.8. The van der Waals surface area contributed by atoms with E-state index in [4.69, 9.17) is 16.3 Å². The molecule has 31 heavy (non-hydrogen) atoms. The molecule has 2 saturated carbocycles. The number of rotatable bonds is 7. The highest BCUT2D eigenvalue weighted by Crippen LogP contribution is 2.49. The van der Waals surface area contributed by atoms with Crippen molar-refractivity contribution in [2.45, 2.75) is 45.1 Å². The van der Waals surface area contributed by atoms with E-state index in [0.717, 1.165) is 48.4 Å². The first-order chi connectivity index (χ1) is 15.1. The average Bonchev–Trinajstić information content (AvgIpc) is 3.28. The van der Waals surface area contributed by atoms with E-state index in [2.05, 4.69) is 16.9 Å². The van der Waals surface area contributed by atoms with Gasteiger partial charge in [0.2, 0.25) is 5.91 Å². The number of amides is 1. The standard InChI is InChI=1S/C26H29ClN2O2/c1-3-5-23-24(4-2)28-11-10-25(23)31-22-15-18-12-17(13-19(18)16-22)14-26(30)29-21-8-6-20(27)7-9-21/h3-11,17-19,22H,2,12-16H2,1H3,(H,29,30)/b5-3-/t17?,18-,19+,22?. The molecule has 1 heterocycles. The van der Waals surface area contributed by atoms with E-state index in [-0.39, 0.29) is 12.0 Å². The molecule has 0 bridgehead atoms. The fraction of sp³-hybridized carbons (Fsp3) is 0.385. The molecule has 2 aromatic rings. The molecular weight excluding hydrogens is 408 g/mol. The number of ether oxygens (including phenoxy) is 1. The maximum Gasteiger partial charge on any atom is 0.224 e. The third kappa shape index (κ3) is 5.19. The van der Waals surface area contributed by atoms with E-state index < -0.39 is 0 Å². The fourth-order valence-corrected chi connectivity index (χ4v) is 5.33. The fourth-order valence-electron chi connectivity index (χ4n) is 5.21. The first kappa shape index (κ1) is 21.6. The molecule has 2 unspecified atom stereocenters. The summed E-state index contributed by atoms with van der Waals surface area (Å²) in [5.41, 5.74) is 2.64. The second-order valence-corrected chi connectivity index (χ2v) is 9.08. The molecule has 0 saturated heterocycles. The molecule has 5 heteroatoms. The number of hydrogen-bond acceptors (Lipinski definition) is 3. The van der Waals surface area contributed by atoms with Crippen LogP contribution < -0.4 is 10.1 Å². The zero-order chi connectivity index (χ0) is 21.8. The summed E-state index contributed by atoms with van der Waals surface area (Å²) in [5, 5.41) is 3.66. The predicted molar refractivity (Wildman–Crippen MR) is 127 cm³/mol. The van der Waals surface area contributed by atoms with Crippen LogP contribution in [0.15, 0.2) is 49.2 Å². The Balaban J connectivity index is 1.30. The van der Waals surface area contributed by atoms with Crippen LogP contribution in [0.5, 0.6) is 5.75 Å². The van der Waals surface area contributed by atoms with Crippen molar-refractivity contribution in [2.75, 3.05) is 5.32 Å². The number of benzene rings is 1. The van der Waals surface area contributed by atoms with Crippen molar-refractivity contribution in [3.05, 3.63) is 65.5 Å². The summed E-state index contributed by atoms with van der Waals surface area (Å²) < 4.78 is 6.41. The quantitative estimate of drug-likeness (QED) is 0.530. The highest BCUT2D eigenvalue weighted by Gasteiger charge is 2.43. The number of carbonyl (C=O) groups excluding carboxylic acids is 1. The minimum Gasteiger partial charge on any atom is -0.490 e. The van der Waals surface area contributed by atoms with Crippen LogP contribution >= 0.6 is 11.6 Å². The van der Waals surface area contributed by atoms with E-state index in [1.165, 1.54) is 0 Å². The second-order valence-electron chi connectivity index (χ2n) is 8.64. The molecule has 0 radical (unpaired) electrons. The molecule has 1 amide bonds. The minimum absolute atomic E-state index is 0.0878. The van der Waals surface area contributed by atoms with Gasteiger partial charge in [0, 0.05) is 28.9 Å². The monoisotopic (exact) mass is 436 g/mol. The van der Waals surface area contributed by atoms with Gasteiger partial charge < -0.3 is 10.1 Å². The Morgan fingerprint density at radius 2 is 1.90 bits per heavy atom. The summed E-state index contributed by atoms with van der Waals surface area (Å²) in [5.74, 6) is 2.71. The van der Waals surface area contributed by atoms with Crippen LogP contribution in [0.4, 0.5) is 5.69 Å². The molecule has 1 N–H and O–H groups in total. The number of nitrogens with one attached hydrogen (secondary N) is 1. The van der Waals surface area contributed by atoms with Gasteiger partial charge in [-0.3, -0.25) is 9.78 Å². The Bertz CT molecular complexity index is 956. The maximum absolute atomic E-state index is 12.4. The maximum atomic E-state index is 12.4. The molecule has 0 spiro atoms. The minimum atomic E-state index is 0.0878. The van der Waals surface area contributed by atoms with Crippen molar-refractivity contribution in [3.8, 4) is 5.75 Å². The number of pyridine rings is 1. The highest BCUT2D eigenvalue weighted by atomic mass is 35.5. The van der Waals surface area contributed by atoms with Crippen LogP contribution in [0.25, 0.3) is 12.2 Å². The van der Waals surface area contributed by atoms with E-state index in [0.29, 0.717) is 29.2 Å². The zero-order valence-corrected chi connectivity index (χ0v) is 18.6. The molecule has 1 aromatic carbocycles. The number of hydrogen-bond donors (Lipinski definition) is 1. The Hall–Kier alpha value is -2.59. The van der Waals surface area contributed by atoms with E-state index in [9.17, 15) is 4.79 Å². The number of fused-ring (bicyclic) bond motifs is 1. The first-order valence-electron chi connectivity index (χ1n) is 11.0. The lowest BCUT2D eigenvalue weighted by atomic mass is 9.98. The van der Waals surface area contributed by atoms with Crippen LogP contribution in [0.3, 0.4) is 0 Å². The first-order valence-corrected chi connectivity index (χ1v) is 11.4. The van der Waals surface area contributed by atoms with Crippen molar-refractivity contribution in [2.24, 2.45) is 17.8 Å². The number of halogens is 1. The molecular formula is C26H29ClN2O2. The summed E-state index contributed by atoms with van der Waals surface area (Å²) in [7, 11) is 0. The van der Waals surface area contributed by atoms with Crippen molar-refractivity contribution in [1.82, 2.24) is 4.98 Å². The Labute approximate surface area is 189 Å². The third-order valence-corrected chi connectivity index (χ3v) is 6.73. The molecule has 4 nitrogen and oxygen atoms in total. The lowest BCUT2D eigenvalue weighted by Crippen LogP contribution is -2.18. The summed E-state index contributed by atoms with van der Waals surface area (Å²) in [6, 6.07) is 9.20. The molecule has 2 aliphatic carbocycles. The zero-order valence-electron chi connectivity index (χ0n) is 17.9. The van der Waals surface area contributed by atoms with Crippen molar-refractivity contribution < 1.29 is 9.53 Å². The van der Waals surface area contributed by atoms with Gasteiger partial charge >= 0.3 is 0 Å². The average molecular weight is 437 g/mol. The van der Waals surface area contributed by atoms with Gasteiger partial charge in [0.05, 0.1) is 11.8 Å². The lowest BCUT2D eigenvalue weighted by Gasteiger charge is -2.19. The number of allylic oxidation sites excluding steroid dienone is 1. The van der Waals surface area contributed by atoms with Gasteiger partial charge in [0.25, 0.3) is 0 Å². The normalized spacial score (nSPS) is 24.8. The highest BCUT2D eigenvalue weighted by molar-refractivity contribution is 6.30. The van der Waals surface area contributed by atoms with Crippen molar-refractivity contribution in [1.29, 1.82) is 0 Å². The van der Waals surface area contributed by atoms with Crippen molar-refractivity contribution >= 4 is 35.3 Å². The van der Waals surface area contributed by atoms with Gasteiger partial charge in [-0.2, -0.15) is 0 Å². The Kier molecular flexibility index (Phi) is 6.77. The molecule has 2 fully saturated rings. The third-order valence-electron chi connectivity index (χ3n) is 6.47. The topological polar surface area (TPSA) is 51.2 Å². The van der Waals surface area contributed by atoms with Gasteiger partial charge in [-0.1, -0.05) is 30.3 Å². The van der Waals surface area contributed by atoms with Crippen LogP contribution in [0, 0.1) is 17.8 Å². The largest absolute Gasteiger partial charge is 0.490 e. The predicted octanol–water partition coefficient (Wildman–Crippen LogP) is 6.62. The van der Waals surface area contributed by atoms with E-state index in [1.54, 1.807) is 24.4 Å². The van der Waals surface area contributed by atoms with Gasteiger partial charge in [0.15, 0.2) is 0 Å². The second kappa shape index (κ2) is 9.69. The SMILES string of the molecule is C=Cc1nccc(OC2C[C@H]3CC(CC(=O)Nc4ccc(Cl)cc4)C[C@H]3C2)c1/C=C\C. The van der Waals surface area contributed by atoms with E-state index in [1.807, 2.05) is 37.3 Å². The van der Waals surface area contributed by atoms with Crippen molar-refractivity contribution in [3.63, 3.8) is 0 Å². The molecule has 162 valence electrons. The smallest absolute Gasteiger partial charge is 0.224 e. The van der Waals surface area contributed by atoms with Crippen LogP contribution in [-0.4, -0.2) is 17.0 Å². The van der Waals surface area contributed by atoms with Crippen LogP contribution in [-0.2, 0) is 4.79 Å². The number of aromatic nitrogens is 1. The Morgan fingerprint density at radius 1 is 1.19 bits per heavy atom. The van der Waals surface area contributed by atoms with Gasteiger partial charge in [-0.15, -0.1) is 0 Å². The molecule has 1 aromatic heterocycles. The molecule has 0 aliphatic heterocycles. The summed E-state index contributed by atoms with van der Waals surface area (Å²) >= 11 is 5.91. The summed E-state index contributed by atoms with van der Waals surface area (Å²) in [6.07, 6.45) is 12.7. The Morgan fingerprint density at radius 3 is 2.55 bits per heavy atom. The number of anilines is 1. The van der Waals surface area contributed by atoms with Gasteiger partial charge in [-0.25, -0.2) is 0 Å². The van der Waals surface area contributed by atoms with Crippen LogP contribution in [0.1, 0.15) is 50.3 Å². The number of carbonyl (C=O) groups is 1. The summed E-state index contributed by atoms with van der Waals surface area (Å²) in [6.45, 7) is 5.86. The lowest BCUT2D eigenvalue weighted by molar-refractivity contribution is -0.117. The molecule has 4 rings (SSSR count). The van der Waals surface area contributed by atoms with Gasteiger partial charge in [0.1, 0.15) is 5.75 Å². The molecule has 4 atom stereocenters. The van der Waals surface area contributed by atoms with Gasteiger partial charge in [-0.05, 0) is 86.8 Å². The number of nitrogens with zero attached hydrogens (tertiary/aromatic N) is 1. The van der Waals surface area contributed by atoms with Crippen LogP contribution in [0.2, 0.25) is 5.02 Å². The molecule has 2 aliphatic rings.